The van der Waals surface area contributed by atoms with Crippen LogP contribution in [0.15, 0.2) is 72.6 Å². The Morgan fingerprint density at radius 3 is 2.36 bits per heavy atom. The van der Waals surface area contributed by atoms with Crippen LogP contribution >= 0.6 is 0 Å². The first-order valence-electron chi connectivity index (χ1n) is 11.9. The van der Waals surface area contributed by atoms with Crippen molar-refractivity contribution < 1.29 is 19.5 Å². The summed E-state index contributed by atoms with van der Waals surface area (Å²) in [6.07, 6.45) is 16.1. The molecule has 0 aliphatic carbocycles. The first-order chi connectivity index (χ1) is 17.3. The van der Waals surface area contributed by atoms with E-state index in [0.717, 1.165) is 44.2 Å². The third kappa shape index (κ3) is 13.4. The SMILES string of the molecule is C/C=C(\C=C/C(C)N(C)/C=C\C=C/C=O)NC(=O)[C@H]1CCCN1C.CO.Cc1ccc(NC=O)cc1. The Morgan fingerprint density at radius 2 is 1.83 bits per heavy atom. The largest absolute Gasteiger partial charge is 0.400 e. The van der Waals surface area contributed by atoms with Crippen LogP contribution in [0.3, 0.4) is 0 Å². The molecule has 1 aliphatic rings. The lowest BCUT2D eigenvalue weighted by atomic mass is 10.2. The van der Waals surface area contributed by atoms with Crippen LogP contribution in [-0.4, -0.2) is 73.3 Å². The van der Waals surface area contributed by atoms with Gasteiger partial charge < -0.3 is 20.6 Å². The number of aryl methyl sites for hydroxylation is 1. The number of hydrogen-bond donors (Lipinski definition) is 3. The van der Waals surface area contributed by atoms with Crippen molar-refractivity contribution >= 4 is 24.3 Å². The van der Waals surface area contributed by atoms with E-state index in [1.165, 1.54) is 11.6 Å². The summed E-state index contributed by atoms with van der Waals surface area (Å²) >= 11 is 0. The first kappa shape index (κ1) is 32.5. The minimum Gasteiger partial charge on any atom is -0.400 e. The van der Waals surface area contributed by atoms with E-state index in [1.807, 2.05) is 87.6 Å². The van der Waals surface area contributed by atoms with Crippen LogP contribution in [0.25, 0.3) is 0 Å². The molecule has 0 aromatic heterocycles. The molecular formula is C28H42N4O4. The minimum absolute atomic E-state index is 0.0269. The summed E-state index contributed by atoms with van der Waals surface area (Å²) in [7, 11) is 4.95. The lowest BCUT2D eigenvalue weighted by Gasteiger charge is -2.21. The van der Waals surface area contributed by atoms with E-state index in [9.17, 15) is 14.4 Å². The van der Waals surface area contributed by atoms with Gasteiger partial charge >= 0.3 is 0 Å². The van der Waals surface area contributed by atoms with Gasteiger partial charge in [0, 0.05) is 31.6 Å². The summed E-state index contributed by atoms with van der Waals surface area (Å²) in [5.41, 5.74) is 2.84. The number of aliphatic hydroxyl groups is 1. The van der Waals surface area contributed by atoms with Crippen molar-refractivity contribution in [3.8, 4) is 0 Å². The van der Waals surface area contributed by atoms with E-state index in [0.29, 0.717) is 6.41 Å². The number of nitrogens with one attached hydrogen (secondary N) is 2. The van der Waals surface area contributed by atoms with Crippen LogP contribution in [-0.2, 0) is 14.4 Å². The number of nitrogens with zero attached hydrogens (tertiary/aromatic N) is 2. The van der Waals surface area contributed by atoms with Crippen LogP contribution < -0.4 is 10.6 Å². The van der Waals surface area contributed by atoms with Crippen molar-refractivity contribution in [1.29, 1.82) is 0 Å². The molecule has 2 rings (SSSR count). The van der Waals surface area contributed by atoms with Crippen molar-refractivity contribution in [2.24, 2.45) is 0 Å². The van der Waals surface area contributed by atoms with Gasteiger partial charge in [-0.25, -0.2) is 0 Å². The first-order valence-corrected chi connectivity index (χ1v) is 11.9. The number of hydrogen-bond acceptors (Lipinski definition) is 6. The molecule has 3 N–H and O–H groups in total. The van der Waals surface area contributed by atoms with Crippen LogP contribution in [0.2, 0.25) is 0 Å². The molecule has 8 heteroatoms. The zero-order valence-corrected chi connectivity index (χ0v) is 22.3. The third-order valence-corrected chi connectivity index (χ3v) is 5.50. The number of likely N-dealkylation sites (tertiary alicyclic amines) is 1. The third-order valence-electron chi connectivity index (χ3n) is 5.50. The summed E-state index contributed by atoms with van der Waals surface area (Å²) in [5.74, 6) is 0.0626. The molecule has 8 nitrogen and oxygen atoms in total. The van der Waals surface area contributed by atoms with Crippen molar-refractivity contribution in [2.45, 2.75) is 45.7 Å². The van der Waals surface area contributed by atoms with Gasteiger partial charge in [0.05, 0.1) is 6.04 Å². The van der Waals surface area contributed by atoms with Gasteiger partial charge in [-0.3, -0.25) is 19.3 Å². The van der Waals surface area contributed by atoms with Gasteiger partial charge in [0.15, 0.2) is 0 Å². The number of amides is 2. The molecule has 1 unspecified atom stereocenters. The quantitative estimate of drug-likeness (QED) is 0.260. The second-order valence-electron chi connectivity index (χ2n) is 8.13. The van der Waals surface area contributed by atoms with E-state index in [2.05, 4.69) is 22.5 Å². The molecule has 1 heterocycles. The Balaban J connectivity index is 0.000000845. The number of carbonyl (C=O) groups is 3. The zero-order valence-electron chi connectivity index (χ0n) is 22.3. The molecule has 1 aromatic carbocycles. The number of likely N-dealkylation sites (N-methyl/N-ethyl adjacent to an activating group) is 2. The second kappa shape index (κ2) is 19.8. The van der Waals surface area contributed by atoms with Crippen LogP contribution in [0.4, 0.5) is 5.69 Å². The molecular weight excluding hydrogens is 456 g/mol. The van der Waals surface area contributed by atoms with Crippen molar-refractivity contribution in [1.82, 2.24) is 15.1 Å². The van der Waals surface area contributed by atoms with Gasteiger partial charge in [-0.05, 0) is 83.8 Å². The predicted octanol–water partition coefficient (Wildman–Crippen LogP) is 3.42. The average molecular weight is 499 g/mol. The maximum Gasteiger partial charge on any atom is 0.241 e. The van der Waals surface area contributed by atoms with Crippen molar-refractivity contribution in [3.63, 3.8) is 0 Å². The van der Waals surface area contributed by atoms with Crippen LogP contribution in [0.5, 0.6) is 0 Å². The molecule has 1 aromatic rings. The fourth-order valence-electron chi connectivity index (χ4n) is 3.20. The molecule has 2 amide bonds. The summed E-state index contributed by atoms with van der Waals surface area (Å²) in [6.45, 7) is 6.96. The Bertz CT molecular complexity index is 891. The standard InChI is InChI=1S/C19H29N3O2.C8H9NO.CH4O/c1-5-17(20-19(24)18-10-9-14-22(18)4)12-11-16(2)21(3)13-7-6-8-15-23;1-7-2-4-8(5-3-7)9-6-10;1-2/h5-8,11-13,15-16,18H,9-10,14H2,1-4H3,(H,20,24);2-6H,1H3,(H,9,10);2H,1H3/b8-6-,12-11-,13-7-,17-5+;;/t16?,18-;;/m1../s1. The van der Waals surface area contributed by atoms with Gasteiger partial charge in [0.2, 0.25) is 12.3 Å². The molecule has 2 atom stereocenters. The molecule has 0 radical (unpaired) electrons. The zero-order chi connectivity index (χ0) is 27.3. The number of benzene rings is 1. The van der Waals surface area contributed by atoms with Crippen molar-refractivity contribution in [2.75, 3.05) is 33.1 Å². The van der Waals surface area contributed by atoms with E-state index >= 15 is 0 Å². The Kier molecular flexibility index (Phi) is 17.9. The molecule has 1 fully saturated rings. The molecule has 0 spiro atoms. The number of anilines is 1. The maximum absolute atomic E-state index is 12.3. The monoisotopic (exact) mass is 498 g/mol. The Labute approximate surface area is 216 Å². The van der Waals surface area contributed by atoms with Gasteiger partial charge in [-0.15, -0.1) is 0 Å². The number of carbonyl (C=O) groups excluding carboxylic acids is 3. The lowest BCUT2D eigenvalue weighted by molar-refractivity contribution is -0.124. The minimum atomic E-state index is -0.0269. The molecule has 1 aliphatic heterocycles. The van der Waals surface area contributed by atoms with E-state index in [1.54, 1.807) is 6.08 Å². The fourth-order valence-corrected chi connectivity index (χ4v) is 3.20. The van der Waals surface area contributed by atoms with Gasteiger partial charge in [-0.2, -0.15) is 0 Å². The lowest BCUT2D eigenvalue weighted by Crippen LogP contribution is -2.40. The normalized spacial score (nSPS) is 16.6. The highest BCUT2D eigenvalue weighted by molar-refractivity contribution is 5.84. The van der Waals surface area contributed by atoms with Gasteiger partial charge in [0.1, 0.15) is 6.29 Å². The number of aliphatic hydroxyl groups excluding tert-OH is 1. The highest BCUT2D eigenvalue weighted by atomic mass is 16.2. The molecule has 36 heavy (non-hydrogen) atoms. The molecule has 0 saturated carbocycles. The number of allylic oxidation sites excluding steroid dienone is 5. The van der Waals surface area contributed by atoms with Crippen LogP contribution in [0, 0.1) is 6.92 Å². The Hall–Kier alpha value is -3.49. The molecule has 198 valence electrons. The summed E-state index contributed by atoms with van der Waals surface area (Å²) in [6, 6.07) is 7.76. The smallest absolute Gasteiger partial charge is 0.241 e. The van der Waals surface area contributed by atoms with E-state index < -0.39 is 0 Å². The van der Waals surface area contributed by atoms with Crippen LogP contribution in [0.1, 0.15) is 32.3 Å². The number of aldehydes is 1. The topological polar surface area (TPSA) is 102 Å². The molecule has 0 bridgehead atoms. The van der Waals surface area contributed by atoms with Gasteiger partial charge in [0.25, 0.3) is 0 Å². The van der Waals surface area contributed by atoms with Gasteiger partial charge in [-0.1, -0.05) is 35.9 Å². The van der Waals surface area contributed by atoms with E-state index in [4.69, 9.17) is 5.11 Å². The average Bonchev–Trinajstić information content (AvgIpc) is 3.33. The summed E-state index contributed by atoms with van der Waals surface area (Å²) < 4.78 is 0. The highest BCUT2D eigenvalue weighted by Crippen LogP contribution is 2.15. The highest BCUT2D eigenvalue weighted by Gasteiger charge is 2.27. The Morgan fingerprint density at radius 1 is 1.17 bits per heavy atom. The summed E-state index contributed by atoms with van der Waals surface area (Å²) in [5, 5.41) is 12.6. The fraction of sp³-hybridized carbons (Fsp3) is 0.393. The maximum atomic E-state index is 12.3. The molecule has 1 saturated heterocycles. The second-order valence-corrected chi connectivity index (χ2v) is 8.13. The van der Waals surface area contributed by atoms with Crippen molar-refractivity contribution in [3.05, 3.63) is 78.2 Å². The number of rotatable bonds is 10. The predicted molar refractivity (Wildman–Crippen MR) is 147 cm³/mol. The van der Waals surface area contributed by atoms with E-state index in [-0.39, 0.29) is 18.0 Å². The summed E-state index contributed by atoms with van der Waals surface area (Å²) in [4.78, 5) is 36.6.